The van der Waals surface area contributed by atoms with Crippen molar-refractivity contribution in [2.75, 3.05) is 0 Å². The number of rotatable bonds is 8. The van der Waals surface area contributed by atoms with Crippen molar-refractivity contribution in [2.45, 2.75) is 56.8 Å². The summed E-state index contributed by atoms with van der Waals surface area (Å²) in [6.45, 7) is 6.22. The van der Waals surface area contributed by atoms with E-state index in [1.54, 1.807) is 57.2 Å². The fraction of sp³-hybridized carbons (Fsp3) is 0.310. The number of ether oxygens (including phenoxy) is 1. The van der Waals surface area contributed by atoms with Crippen LogP contribution in [-0.4, -0.2) is 48.7 Å². The minimum Gasteiger partial charge on any atom is -0.480 e. The molecule has 202 valence electrons. The Kier molecular flexibility index (Phi) is 7.99. The fourth-order valence-electron chi connectivity index (χ4n) is 4.06. The second kappa shape index (κ2) is 10.5. The number of carbonyl (C=O) groups is 2. The van der Waals surface area contributed by atoms with Gasteiger partial charge in [0.25, 0.3) is 0 Å². The molecule has 0 saturated heterocycles. The molecule has 38 heavy (non-hydrogen) atoms. The zero-order valence-corrected chi connectivity index (χ0v) is 21.7. The number of alkyl carbamates (subject to hydrolysis) is 1. The molecule has 0 aromatic heterocycles. The molecule has 0 aliphatic heterocycles. The van der Waals surface area contributed by atoms with Crippen LogP contribution in [0.3, 0.4) is 0 Å². The van der Waals surface area contributed by atoms with Gasteiger partial charge in [-0.1, -0.05) is 72.8 Å². The Hall–Kier alpha value is -3.76. The predicted octanol–water partition coefficient (Wildman–Crippen LogP) is 2.97. The van der Waals surface area contributed by atoms with Crippen LogP contribution >= 0.6 is 0 Å². The molecule has 9 heteroatoms. The van der Waals surface area contributed by atoms with Crippen LogP contribution in [0.15, 0.2) is 78.9 Å². The van der Waals surface area contributed by atoms with Gasteiger partial charge in [0.1, 0.15) is 11.1 Å². The smallest absolute Gasteiger partial charge is 0.408 e. The molecule has 0 fully saturated rings. The van der Waals surface area contributed by atoms with Crippen molar-refractivity contribution >= 4 is 12.1 Å². The van der Waals surface area contributed by atoms with Gasteiger partial charge >= 0.3 is 12.1 Å². The number of carbonyl (C=O) groups excluding carboxylic acids is 1. The highest BCUT2D eigenvalue weighted by molar-refractivity contribution is 5.84. The number of hydrogen-bond donors (Lipinski definition) is 6. The third kappa shape index (κ3) is 6.38. The van der Waals surface area contributed by atoms with Gasteiger partial charge in [0.2, 0.25) is 11.6 Å². The van der Waals surface area contributed by atoms with E-state index in [1.807, 2.05) is 0 Å². The van der Waals surface area contributed by atoms with Crippen molar-refractivity contribution < 1.29 is 39.9 Å². The van der Waals surface area contributed by atoms with Crippen molar-refractivity contribution in [2.24, 2.45) is 0 Å². The van der Waals surface area contributed by atoms with Crippen LogP contribution in [0.5, 0.6) is 0 Å². The minimum atomic E-state index is -2.68. The summed E-state index contributed by atoms with van der Waals surface area (Å²) in [4.78, 5) is 24.6. The molecular formula is C29H33NO8. The topological polar surface area (TPSA) is 157 Å². The summed E-state index contributed by atoms with van der Waals surface area (Å²) < 4.78 is 5.21. The lowest BCUT2D eigenvalue weighted by atomic mass is 9.83. The predicted molar refractivity (Wildman–Crippen MR) is 139 cm³/mol. The summed E-state index contributed by atoms with van der Waals surface area (Å²) >= 11 is 0. The molecule has 3 aromatic carbocycles. The van der Waals surface area contributed by atoms with Crippen LogP contribution in [-0.2, 0) is 27.5 Å². The first-order valence-corrected chi connectivity index (χ1v) is 12.0. The van der Waals surface area contributed by atoms with Crippen LogP contribution in [0.2, 0.25) is 0 Å². The molecule has 0 aliphatic carbocycles. The summed E-state index contributed by atoms with van der Waals surface area (Å²) in [6.07, 6.45) is -1.22. The maximum absolute atomic E-state index is 12.4. The van der Waals surface area contributed by atoms with Crippen molar-refractivity contribution in [3.05, 3.63) is 107 Å². The standard InChI is InChI=1S/C29H33NO8/c1-26(2,3)38-25(33)30-27(4,24(31)32)18-19-15-16-22(28(34,35)20-11-7-5-8-12-20)23(17-19)29(36,37)21-13-9-6-10-14-21/h5-17,34-37H,18H2,1-4H3,(H,30,33)(H,31,32)/t27-/m0/s1. The molecule has 3 aromatic rings. The monoisotopic (exact) mass is 523 g/mol. The molecule has 0 saturated carbocycles. The summed E-state index contributed by atoms with van der Waals surface area (Å²) in [5.74, 6) is -6.65. The molecule has 6 N–H and O–H groups in total. The average molecular weight is 524 g/mol. The quantitative estimate of drug-likeness (QED) is 0.246. The number of aliphatic hydroxyl groups is 4. The Morgan fingerprint density at radius 1 is 0.737 bits per heavy atom. The lowest BCUT2D eigenvalue weighted by molar-refractivity contribution is -0.154. The highest BCUT2D eigenvalue weighted by atomic mass is 16.6. The van der Waals surface area contributed by atoms with Crippen molar-refractivity contribution in [3.8, 4) is 0 Å². The van der Waals surface area contributed by atoms with Crippen LogP contribution in [0.4, 0.5) is 4.79 Å². The molecule has 3 rings (SSSR count). The van der Waals surface area contributed by atoms with Gasteiger partial charge in [0.05, 0.1) is 0 Å². The van der Waals surface area contributed by atoms with Gasteiger partial charge in [0, 0.05) is 28.7 Å². The summed E-state index contributed by atoms with van der Waals surface area (Å²) in [7, 11) is 0. The summed E-state index contributed by atoms with van der Waals surface area (Å²) in [5, 5.41) is 57.2. The van der Waals surface area contributed by atoms with Crippen molar-refractivity contribution in [1.82, 2.24) is 5.32 Å². The number of nitrogens with one attached hydrogen (secondary N) is 1. The third-order valence-corrected chi connectivity index (χ3v) is 5.99. The normalized spacial score (nSPS) is 13.9. The molecular weight excluding hydrogens is 490 g/mol. The molecule has 9 nitrogen and oxygen atoms in total. The Morgan fingerprint density at radius 3 is 1.66 bits per heavy atom. The van der Waals surface area contributed by atoms with Crippen molar-refractivity contribution in [3.63, 3.8) is 0 Å². The van der Waals surface area contributed by atoms with E-state index < -0.39 is 34.8 Å². The van der Waals surface area contributed by atoms with Gasteiger partial charge in [-0.2, -0.15) is 0 Å². The Bertz CT molecular complexity index is 1280. The fourth-order valence-corrected chi connectivity index (χ4v) is 4.06. The number of amides is 1. The second-order valence-corrected chi connectivity index (χ2v) is 10.4. The molecule has 0 spiro atoms. The Morgan fingerprint density at radius 2 is 1.21 bits per heavy atom. The van der Waals surface area contributed by atoms with Crippen molar-refractivity contribution in [1.29, 1.82) is 0 Å². The number of benzene rings is 3. The molecule has 1 amide bonds. The van der Waals surface area contributed by atoms with E-state index in [9.17, 15) is 35.1 Å². The molecule has 0 aliphatic rings. The summed E-state index contributed by atoms with van der Waals surface area (Å²) in [6, 6.07) is 19.6. The molecule has 0 unspecified atom stereocenters. The highest BCUT2D eigenvalue weighted by Gasteiger charge is 2.41. The number of hydrogen-bond acceptors (Lipinski definition) is 7. The van der Waals surface area contributed by atoms with E-state index in [-0.39, 0.29) is 34.2 Å². The third-order valence-electron chi connectivity index (χ3n) is 5.99. The van der Waals surface area contributed by atoms with Gasteiger partial charge in [-0.25, -0.2) is 9.59 Å². The largest absolute Gasteiger partial charge is 0.480 e. The van der Waals surface area contributed by atoms with Gasteiger partial charge < -0.3 is 35.6 Å². The van der Waals surface area contributed by atoms with Gasteiger partial charge in [-0.3, -0.25) is 0 Å². The van der Waals surface area contributed by atoms with E-state index in [0.717, 1.165) is 0 Å². The first-order valence-electron chi connectivity index (χ1n) is 12.0. The lowest BCUT2D eigenvalue weighted by Gasteiger charge is -2.33. The first kappa shape index (κ1) is 28.8. The maximum atomic E-state index is 12.4. The zero-order valence-electron chi connectivity index (χ0n) is 21.7. The first-order chi connectivity index (χ1) is 17.6. The molecule has 0 heterocycles. The second-order valence-electron chi connectivity index (χ2n) is 10.4. The van der Waals surface area contributed by atoms with Crippen LogP contribution in [0, 0.1) is 0 Å². The van der Waals surface area contributed by atoms with Gasteiger partial charge in [-0.05, 0) is 39.3 Å². The van der Waals surface area contributed by atoms with Gasteiger partial charge in [-0.15, -0.1) is 0 Å². The Balaban J connectivity index is 2.12. The molecule has 0 radical (unpaired) electrons. The number of carboxylic acid groups (broad SMARTS) is 1. The van der Waals surface area contributed by atoms with Crippen LogP contribution in [0.1, 0.15) is 55.5 Å². The Labute approximate surface area is 221 Å². The van der Waals surface area contributed by atoms with Gasteiger partial charge in [0.15, 0.2) is 0 Å². The maximum Gasteiger partial charge on any atom is 0.408 e. The minimum absolute atomic E-state index is 0.0511. The van der Waals surface area contributed by atoms with Crippen LogP contribution in [0.25, 0.3) is 0 Å². The average Bonchev–Trinajstić information content (AvgIpc) is 2.83. The van der Waals surface area contributed by atoms with E-state index >= 15 is 0 Å². The zero-order chi connectivity index (χ0) is 28.4. The number of aliphatic carboxylic acids is 1. The van der Waals surface area contributed by atoms with E-state index in [2.05, 4.69) is 5.32 Å². The number of carboxylic acids is 1. The molecule has 1 atom stereocenters. The molecule has 0 bridgehead atoms. The van der Waals surface area contributed by atoms with Crippen LogP contribution < -0.4 is 5.32 Å². The SMILES string of the molecule is CC(C)(C)OC(=O)N[C@@](C)(Cc1ccc(C(O)(O)c2ccccc2)c(C(O)(O)c2ccccc2)c1)C(=O)O. The van der Waals surface area contributed by atoms with E-state index in [0.29, 0.717) is 0 Å². The van der Waals surface area contributed by atoms with E-state index in [1.165, 1.54) is 49.4 Å². The highest BCUT2D eigenvalue weighted by Crippen LogP contribution is 2.38. The summed E-state index contributed by atoms with van der Waals surface area (Å²) in [5.41, 5.74) is -2.79. The lowest BCUT2D eigenvalue weighted by Crippen LogP contribution is -2.54. The van der Waals surface area contributed by atoms with E-state index in [4.69, 9.17) is 4.74 Å².